The van der Waals surface area contributed by atoms with Crippen molar-refractivity contribution in [1.29, 1.82) is 0 Å². The standard InChI is InChI=1S/C19H14ClN3O/c20-17-4-1-14(2-5-17)18-11-23-10-15(3-6-19(23)22-18)16-7-13(12-24)8-21-9-16/h1-11,24H,12H2. The molecule has 0 amide bonds. The molecule has 0 bridgehead atoms. The highest BCUT2D eigenvalue weighted by atomic mass is 35.5. The lowest BCUT2D eigenvalue weighted by atomic mass is 10.1. The van der Waals surface area contributed by atoms with Gasteiger partial charge in [-0.25, -0.2) is 4.98 Å². The molecular formula is C19H14ClN3O. The molecule has 0 aliphatic carbocycles. The Bertz CT molecular complexity index is 1010. The Morgan fingerprint density at radius 1 is 0.917 bits per heavy atom. The maximum absolute atomic E-state index is 9.26. The molecule has 3 aromatic heterocycles. The van der Waals surface area contributed by atoms with E-state index >= 15 is 0 Å². The summed E-state index contributed by atoms with van der Waals surface area (Å²) in [7, 11) is 0. The van der Waals surface area contributed by atoms with Gasteiger partial charge in [0.1, 0.15) is 5.65 Å². The zero-order valence-corrected chi connectivity index (χ0v) is 13.5. The fourth-order valence-electron chi connectivity index (χ4n) is 2.65. The van der Waals surface area contributed by atoms with Gasteiger partial charge in [0, 0.05) is 46.5 Å². The molecule has 0 spiro atoms. The molecule has 0 saturated carbocycles. The first kappa shape index (κ1) is 14.9. The summed E-state index contributed by atoms with van der Waals surface area (Å²) in [6.07, 6.45) is 7.46. The van der Waals surface area contributed by atoms with Crippen molar-refractivity contribution < 1.29 is 5.11 Å². The van der Waals surface area contributed by atoms with E-state index in [1.165, 1.54) is 0 Å². The average Bonchev–Trinajstić information content (AvgIpc) is 3.05. The molecule has 0 aliphatic rings. The Kier molecular flexibility index (Phi) is 3.76. The Morgan fingerprint density at radius 2 is 1.71 bits per heavy atom. The minimum atomic E-state index is -0.0190. The molecule has 4 rings (SSSR count). The third-order valence-electron chi connectivity index (χ3n) is 3.90. The molecule has 24 heavy (non-hydrogen) atoms. The molecule has 118 valence electrons. The number of rotatable bonds is 3. The molecule has 1 N–H and O–H groups in total. The summed E-state index contributed by atoms with van der Waals surface area (Å²) in [6, 6.07) is 13.5. The van der Waals surface area contributed by atoms with Crippen molar-refractivity contribution in [3.05, 3.63) is 77.8 Å². The van der Waals surface area contributed by atoms with Crippen LogP contribution in [0.3, 0.4) is 0 Å². The number of aliphatic hydroxyl groups is 1. The van der Waals surface area contributed by atoms with Gasteiger partial charge in [0.05, 0.1) is 12.3 Å². The molecule has 0 atom stereocenters. The third-order valence-corrected chi connectivity index (χ3v) is 4.15. The molecule has 0 aliphatic heterocycles. The molecule has 1 aromatic carbocycles. The van der Waals surface area contributed by atoms with Gasteiger partial charge in [-0.1, -0.05) is 23.7 Å². The topological polar surface area (TPSA) is 50.4 Å². The van der Waals surface area contributed by atoms with Crippen LogP contribution in [-0.4, -0.2) is 19.5 Å². The highest BCUT2D eigenvalue weighted by Crippen LogP contribution is 2.24. The Hall–Kier alpha value is -2.69. The van der Waals surface area contributed by atoms with Crippen molar-refractivity contribution >= 4 is 17.2 Å². The van der Waals surface area contributed by atoms with Crippen LogP contribution in [0.5, 0.6) is 0 Å². The molecule has 4 aromatic rings. The van der Waals surface area contributed by atoms with Crippen LogP contribution in [0.2, 0.25) is 5.02 Å². The number of aliphatic hydroxyl groups excluding tert-OH is 1. The van der Waals surface area contributed by atoms with Gasteiger partial charge in [0.2, 0.25) is 0 Å². The molecule has 3 heterocycles. The number of fused-ring (bicyclic) bond motifs is 1. The zero-order chi connectivity index (χ0) is 16.5. The van der Waals surface area contributed by atoms with Crippen molar-refractivity contribution in [3.8, 4) is 22.4 Å². The van der Waals surface area contributed by atoms with Crippen LogP contribution in [0.4, 0.5) is 0 Å². The number of imidazole rings is 1. The van der Waals surface area contributed by atoms with Gasteiger partial charge < -0.3 is 9.51 Å². The number of nitrogens with zero attached hydrogens (tertiary/aromatic N) is 3. The van der Waals surface area contributed by atoms with Crippen LogP contribution in [0.25, 0.3) is 28.0 Å². The maximum atomic E-state index is 9.26. The van der Waals surface area contributed by atoms with Crippen LogP contribution >= 0.6 is 11.6 Å². The lowest BCUT2D eigenvalue weighted by Crippen LogP contribution is -1.89. The normalized spacial score (nSPS) is 11.1. The second kappa shape index (κ2) is 6.07. The number of pyridine rings is 2. The monoisotopic (exact) mass is 335 g/mol. The molecule has 0 fully saturated rings. The van der Waals surface area contributed by atoms with E-state index in [4.69, 9.17) is 11.6 Å². The summed E-state index contributed by atoms with van der Waals surface area (Å²) in [5, 5.41) is 9.97. The van der Waals surface area contributed by atoms with Gasteiger partial charge in [0.25, 0.3) is 0 Å². The van der Waals surface area contributed by atoms with Crippen LogP contribution in [0.15, 0.2) is 67.3 Å². The van der Waals surface area contributed by atoms with E-state index in [0.717, 1.165) is 33.6 Å². The van der Waals surface area contributed by atoms with E-state index < -0.39 is 0 Å². The van der Waals surface area contributed by atoms with Crippen LogP contribution in [0, 0.1) is 0 Å². The summed E-state index contributed by atoms with van der Waals surface area (Å²) < 4.78 is 1.99. The summed E-state index contributed by atoms with van der Waals surface area (Å²) in [6.45, 7) is -0.0190. The van der Waals surface area contributed by atoms with E-state index in [0.29, 0.717) is 5.02 Å². The summed E-state index contributed by atoms with van der Waals surface area (Å²) in [5.74, 6) is 0. The summed E-state index contributed by atoms with van der Waals surface area (Å²) in [5.41, 5.74) is 5.56. The Labute approximate surface area is 144 Å². The van der Waals surface area contributed by atoms with Gasteiger partial charge >= 0.3 is 0 Å². The van der Waals surface area contributed by atoms with Crippen molar-refractivity contribution in [3.63, 3.8) is 0 Å². The number of halogens is 1. The molecule has 0 radical (unpaired) electrons. The predicted octanol–water partition coefficient (Wildman–Crippen LogP) is 4.21. The zero-order valence-electron chi connectivity index (χ0n) is 12.7. The average molecular weight is 336 g/mol. The van der Waals surface area contributed by atoms with Gasteiger partial charge in [-0.05, 0) is 35.9 Å². The largest absolute Gasteiger partial charge is 0.392 e. The van der Waals surface area contributed by atoms with Crippen molar-refractivity contribution in [2.75, 3.05) is 0 Å². The minimum Gasteiger partial charge on any atom is -0.392 e. The van der Waals surface area contributed by atoms with Gasteiger partial charge in [-0.15, -0.1) is 0 Å². The molecule has 0 unspecified atom stereocenters. The Morgan fingerprint density at radius 3 is 2.50 bits per heavy atom. The molecular weight excluding hydrogens is 322 g/mol. The van der Waals surface area contributed by atoms with Crippen LogP contribution in [0.1, 0.15) is 5.56 Å². The van der Waals surface area contributed by atoms with Crippen LogP contribution in [-0.2, 0) is 6.61 Å². The number of aromatic nitrogens is 3. The van der Waals surface area contributed by atoms with Crippen molar-refractivity contribution in [2.24, 2.45) is 0 Å². The molecule has 4 nitrogen and oxygen atoms in total. The number of benzene rings is 1. The third kappa shape index (κ3) is 2.77. The quantitative estimate of drug-likeness (QED) is 0.610. The predicted molar refractivity (Wildman–Crippen MR) is 94.8 cm³/mol. The SMILES string of the molecule is OCc1cncc(-c2ccc3nc(-c4ccc(Cl)cc4)cn3c2)c1. The van der Waals surface area contributed by atoms with Crippen LogP contribution < -0.4 is 0 Å². The first-order chi connectivity index (χ1) is 11.7. The van der Waals surface area contributed by atoms with E-state index in [1.807, 2.05) is 59.3 Å². The highest BCUT2D eigenvalue weighted by Gasteiger charge is 2.06. The first-order valence-corrected chi connectivity index (χ1v) is 7.90. The summed E-state index contributed by atoms with van der Waals surface area (Å²) in [4.78, 5) is 8.82. The van der Waals surface area contributed by atoms with Gasteiger partial charge in [-0.2, -0.15) is 0 Å². The van der Waals surface area contributed by atoms with E-state index in [9.17, 15) is 5.11 Å². The lowest BCUT2D eigenvalue weighted by Gasteiger charge is -2.04. The molecule has 0 saturated heterocycles. The number of hydrogen-bond acceptors (Lipinski definition) is 3. The van der Waals surface area contributed by atoms with Crippen molar-refractivity contribution in [1.82, 2.24) is 14.4 Å². The highest BCUT2D eigenvalue weighted by molar-refractivity contribution is 6.30. The maximum Gasteiger partial charge on any atom is 0.137 e. The second-order valence-corrected chi connectivity index (χ2v) is 5.99. The van der Waals surface area contributed by atoms with Gasteiger partial charge in [-0.3, -0.25) is 4.98 Å². The lowest BCUT2D eigenvalue weighted by molar-refractivity contribution is 0.281. The first-order valence-electron chi connectivity index (χ1n) is 7.53. The fourth-order valence-corrected chi connectivity index (χ4v) is 2.78. The summed E-state index contributed by atoms with van der Waals surface area (Å²) >= 11 is 5.94. The molecule has 5 heteroatoms. The van der Waals surface area contributed by atoms with Crippen molar-refractivity contribution in [2.45, 2.75) is 6.61 Å². The van der Waals surface area contributed by atoms with E-state index in [1.54, 1.807) is 12.4 Å². The minimum absolute atomic E-state index is 0.0190. The van der Waals surface area contributed by atoms with E-state index in [-0.39, 0.29) is 6.61 Å². The van der Waals surface area contributed by atoms with E-state index in [2.05, 4.69) is 9.97 Å². The number of hydrogen-bond donors (Lipinski definition) is 1. The Balaban J connectivity index is 1.76. The smallest absolute Gasteiger partial charge is 0.137 e. The van der Waals surface area contributed by atoms with Gasteiger partial charge in [0.15, 0.2) is 0 Å². The fraction of sp³-hybridized carbons (Fsp3) is 0.0526. The second-order valence-electron chi connectivity index (χ2n) is 5.56.